The van der Waals surface area contributed by atoms with Gasteiger partial charge in [-0.1, -0.05) is 29.5 Å². The van der Waals surface area contributed by atoms with E-state index in [1.807, 2.05) is 6.07 Å². The molecule has 0 radical (unpaired) electrons. The first-order chi connectivity index (χ1) is 12.6. The fraction of sp³-hybridized carbons (Fsp3) is 0.381. The Bertz CT molecular complexity index is 942. The van der Waals surface area contributed by atoms with Crippen LogP contribution < -0.4 is 14.5 Å². The number of methoxy groups -OCH3 is 1. The van der Waals surface area contributed by atoms with Crippen LogP contribution >= 0.6 is 11.3 Å². The van der Waals surface area contributed by atoms with Crippen molar-refractivity contribution in [3.63, 3.8) is 0 Å². The van der Waals surface area contributed by atoms with Crippen LogP contribution in [0, 0.1) is 20.8 Å². The smallest absolute Gasteiger partial charge is 0.186 e. The summed E-state index contributed by atoms with van der Waals surface area (Å²) in [5.74, 6) is 0.863. The van der Waals surface area contributed by atoms with E-state index < -0.39 is 0 Å². The molecule has 0 atom stereocenters. The van der Waals surface area contributed by atoms with E-state index in [0.717, 1.165) is 42.6 Å². The summed E-state index contributed by atoms with van der Waals surface area (Å²) >= 11 is 1.78. The molecular weight excluding hydrogens is 342 g/mol. The molecule has 3 aromatic rings. The standard InChI is InChI=1S/C21H25N3OS/c1-14-5-6-15(2)17(13-14)23-9-11-24(12-10-23)21-22-19-18(25-4)8-7-16(3)20(19)26-21/h5-8,13H,9-12H2,1-4H3. The minimum atomic E-state index is 0.863. The molecule has 4 nitrogen and oxygen atoms in total. The Balaban J connectivity index is 1.56. The molecule has 0 amide bonds. The van der Waals surface area contributed by atoms with Crippen molar-refractivity contribution in [3.8, 4) is 5.75 Å². The van der Waals surface area contributed by atoms with Crippen molar-refractivity contribution >= 4 is 32.4 Å². The Hall–Kier alpha value is -2.27. The minimum Gasteiger partial charge on any atom is -0.494 e. The summed E-state index contributed by atoms with van der Waals surface area (Å²) < 4.78 is 6.73. The minimum absolute atomic E-state index is 0.863. The molecule has 1 aliphatic rings. The summed E-state index contributed by atoms with van der Waals surface area (Å²) in [4.78, 5) is 9.80. The lowest BCUT2D eigenvalue weighted by molar-refractivity contribution is 0.419. The topological polar surface area (TPSA) is 28.6 Å². The second-order valence-corrected chi connectivity index (χ2v) is 8.00. The first kappa shape index (κ1) is 17.2. The third-order valence-corrected chi connectivity index (χ3v) is 6.42. The van der Waals surface area contributed by atoms with E-state index in [-0.39, 0.29) is 0 Å². The molecule has 2 aromatic carbocycles. The first-order valence-electron chi connectivity index (χ1n) is 9.08. The van der Waals surface area contributed by atoms with Crippen molar-refractivity contribution in [3.05, 3.63) is 47.0 Å². The zero-order chi connectivity index (χ0) is 18.3. The van der Waals surface area contributed by atoms with Gasteiger partial charge in [-0.25, -0.2) is 4.98 Å². The predicted molar refractivity (Wildman–Crippen MR) is 111 cm³/mol. The maximum absolute atomic E-state index is 5.50. The summed E-state index contributed by atoms with van der Waals surface area (Å²) in [6, 6.07) is 10.8. The molecule has 0 aliphatic carbocycles. The highest BCUT2D eigenvalue weighted by molar-refractivity contribution is 7.22. The normalized spacial score (nSPS) is 14.9. The van der Waals surface area contributed by atoms with Gasteiger partial charge < -0.3 is 14.5 Å². The lowest BCUT2D eigenvalue weighted by atomic mass is 10.1. The second-order valence-electron chi connectivity index (χ2n) is 7.02. The van der Waals surface area contributed by atoms with Gasteiger partial charge in [0.2, 0.25) is 0 Å². The first-order valence-corrected chi connectivity index (χ1v) is 9.90. The Morgan fingerprint density at radius 2 is 1.62 bits per heavy atom. The van der Waals surface area contributed by atoms with Gasteiger partial charge in [0.1, 0.15) is 11.3 Å². The molecular formula is C21H25N3OS. The van der Waals surface area contributed by atoms with Crippen LogP contribution in [-0.2, 0) is 0 Å². The fourth-order valence-electron chi connectivity index (χ4n) is 3.60. The van der Waals surface area contributed by atoms with E-state index in [9.17, 15) is 0 Å². The van der Waals surface area contributed by atoms with Crippen LogP contribution in [0.2, 0.25) is 0 Å². The van der Waals surface area contributed by atoms with Gasteiger partial charge in [-0.15, -0.1) is 0 Å². The van der Waals surface area contributed by atoms with Crippen molar-refractivity contribution in [2.45, 2.75) is 20.8 Å². The Morgan fingerprint density at radius 3 is 2.35 bits per heavy atom. The number of hydrogen-bond donors (Lipinski definition) is 0. The number of fused-ring (bicyclic) bond motifs is 1. The van der Waals surface area contributed by atoms with Crippen molar-refractivity contribution in [1.29, 1.82) is 0 Å². The number of thiazole rings is 1. The van der Waals surface area contributed by atoms with Crippen molar-refractivity contribution < 1.29 is 4.74 Å². The zero-order valence-electron chi connectivity index (χ0n) is 15.9. The lowest BCUT2D eigenvalue weighted by Crippen LogP contribution is -2.46. The molecule has 2 heterocycles. The van der Waals surface area contributed by atoms with Crippen LogP contribution in [-0.4, -0.2) is 38.3 Å². The Morgan fingerprint density at radius 1 is 0.923 bits per heavy atom. The highest BCUT2D eigenvalue weighted by atomic mass is 32.1. The van der Waals surface area contributed by atoms with Crippen LogP contribution in [0.4, 0.5) is 10.8 Å². The molecule has 1 fully saturated rings. The largest absolute Gasteiger partial charge is 0.494 e. The van der Waals surface area contributed by atoms with Gasteiger partial charge >= 0.3 is 0 Å². The molecule has 1 aliphatic heterocycles. The average Bonchev–Trinajstić information content (AvgIpc) is 3.11. The summed E-state index contributed by atoms with van der Waals surface area (Å²) in [7, 11) is 1.71. The van der Waals surface area contributed by atoms with Gasteiger partial charge in [-0.05, 0) is 49.6 Å². The van der Waals surface area contributed by atoms with E-state index >= 15 is 0 Å². The summed E-state index contributed by atoms with van der Waals surface area (Å²) in [5, 5.41) is 1.10. The Labute approximate surface area is 159 Å². The van der Waals surface area contributed by atoms with Crippen LogP contribution in [0.5, 0.6) is 5.75 Å². The SMILES string of the molecule is COc1ccc(C)c2sc(N3CCN(c4cc(C)ccc4C)CC3)nc12. The lowest BCUT2D eigenvalue weighted by Gasteiger charge is -2.36. The number of ether oxygens (including phenoxy) is 1. The van der Waals surface area contributed by atoms with Crippen molar-refractivity contribution in [2.24, 2.45) is 0 Å². The molecule has 0 spiro atoms. The maximum Gasteiger partial charge on any atom is 0.186 e. The summed E-state index contributed by atoms with van der Waals surface area (Å²) in [6.07, 6.45) is 0. The Kier molecular flexibility index (Phi) is 4.49. The molecule has 136 valence electrons. The van der Waals surface area contributed by atoms with Gasteiger partial charge in [-0.3, -0.25) is 0 Å². The predicted octanol–water partition coefficient (Wildman–Crippen LogP) is 4.56. The number of rotatable bonds is 3. The fourth-order valence-corrected chi connectivity index (χ4v) is 4.70. The molecule has 0 N–H and O–H groups in total. The van der Waals surface area contributed by atoms with Gasteiger partial charge in [-0.2, -0.15) is 0 Å². The van der Waals surface area contributed by atoms with E-state index in [2.05, 4.69) is 54.8 Å². The molecule has 1 aromatic heterocycles. The van der Waals surface area contributed by atoms with Crippen LogP contribution in [0.25, 0.3) is 10.2 Å². The number of benzene rings is 2. The number of piperazine rings is 1. The third-order valence-electron chi connectivity index (χ3n) is 5.17. The van der Waals surface area contributed by atoms with Crippen LogP contribution in [0.15, 0.2) is 30.3 Å². The van der Waals surface area contributed by atoms with Crippen molar-refractivity contribution in [2.75, 3.05) is 43.1 Å². The number of aryl methyl sites for hydroxylation is 3. The second kappa shape index (κ2) is 6.80. The maximum atomic E-state index is 5.50. The van der Waals surface area contributed by atoms with E-state index in [0.29, 0.717) is 0 Å². The summed E-state index contributed by atoms with van der Waals surface area (Å²) in [6.45, 7) is 10.5. The number of aromatic nitrogens is 1. The van der Waals surface area contributed by atoms with Gasteiger partial charge in [0.05, 0.1) is 11.8 Å². The quantitative estimate of drug-likeness (QED) is 0.679. The van der Waals surface area contributed by atoms with Crippen molar-refractivity contribution in [1.82, 2.24) is 4.98 Å². The van der Waals surface area contributed by atoms with Gasteiger partial charge in [0, 0.05) is 31.9 Å². The average molecular weight is 368 g/mol. The van der Waals surface area contributed by atoms with Gasteiger partial charge in [0.15, 0.2) is 5.13 Å². The van der Waals surface area contributed by atoms with E-state index in [1.165, 1.54) is 27.1 Å². The molecule has 0 saturated carbocycles. The monoisotopic (exact) mass is 367 g/mol. The van der Waals surface area contributed by atoms with Crippen LogP contribution in [0.1, 0.15) is 16.7 Å². The highest BCUT2D eigenvalue weighted by Gasteiger charge is 2.22. The molecule has 0 unspecified atom stereocenters. The number of hydrogen-bond acceptors (Lipinski definition) is 5. The molecule has 4 rings (SSSR count). The van der Waals surface area contributed by atoms with E-state index in [4.69, 9.17) is 9.72 Å². The van der Waals surface area contributed by atoms with Crippen LogP contribution in [0.3, 0.4) is 0 Å². The molecule has 0 bridgehead atoms. The van der Waals surface area contributed by atoms with E-state index in [1.54, 1.807) is 18.4 Å². The highest BCUT2D eigenvalue weighted by Crippen LogP contribution is 2.37. The zero-order valence-corrected chi connectivity index (χ0v) is 16.7. The summed E-state index contributed by atoms with van der Waals surface area (Å²) in [5.41, 5.74) is 6.29. The van der Waals surface area contributed by atoms with Gasteiger partial charge in [0.25, 0.3) is 0 Å². The number of nitrogens with zero attached hydrogens (tertiary/aromatic N) is 3. The molecule has 5 heteroatoms. The number of anilines is 2. The molecule has 26 heavy (non-hydrogen) atoms. The third kappa shape index (κ3) is 3.01. The molecule has 1 saturated heterocycles.